The first-order chi connectivity index (χ1) is 12.7. The third-order valence-corrected chi connectivity index (χ3v) is 5.81. The van der Waals surface area contributed by atoms with Crippen LogP contribution in [-0.4, -0.2) is 29.4 Å². The van der Waals surface area contributed by atoms with Crippen molar-refractivity contribution in [2.24, 2.45) is 17.3 Å². The molecule has 1 aromatic heterocycles. The predicted octanol–water partition coefficient (Wildman–Crippen LogP) is 4.62. The van der Waals surface area contributed by atoms with Gasteiger partial charge in [-0.15, -0.1) is 0 Å². The molecule has 0 unspecified atom stereocenters. The number of aromatic nitrogens is 1. The van der Waals surface area contributed by atoms with E-state index >= 15 is 0 Å². The van der Waals surface area contributed by atoms with Crippen LogP contribution < -0.4 is 0 Å². The van der Waals surface area contributed by atoms with Crippen LogP contribution in [0, 0.1) is 28.6 Å². The number of pyridine rings is 1. The molecule has 27 heavy (non-hydrogen) atoms. The van der Waals surface area contributed by atoms with Crippen molar-refractivity contribution >= 4 is 16.8 Å². The van der Waals surface area contributed by atoms with E-state index in [4.69, 9.17) is 10.2 Å². The zero-order valence-corrected chi connectivity index (χ0v) is 17.0. The van der Waals surface area contributed by atoms with Crippen LogP contribution in [-0.2, 0) is 12.8 Å². The average Bonchev–Trinajstić information content (AvgIpc) is 2.64. The van der Waals surface area contributed by atoms with E-state index < -0.39 is 0 Å². The summed E-state index contributed by atoms with van der Waals surface area (Å²) in [6.45, 7) is 9.11. The molecule has 142 valence electrons. The Bertz CT molecular complexity index is 904. The van der Waals surface area contributed by atoms with Crippen molar-refractivity contribution in [2.45, 2.75) is 47.0 Å². The SMILES string of the molecule is C[C@H](C#N)CN(C)C(=O)c1c2c(nc3ccccc13)CC[C@H](C(C)(C)C)C2. The van der Waals surface area contributed by atoms with Crippen molar-refractivity contribution in [2.75, 3.05) is 13.6 Å². The van der Waals surface area contributed by atoms with Gasteiger partial charge in [0.1, 0.15) is 0 Å². The molecule has 4 heteroatoms. The molecule has 1 amide bonds. The summed E-state index contributed by atoms with van der Waals surface area (Å²) in [7, 11) is 1.79. The number of fused-ring (bicyclic) bond motifs is 2. The van der Waals surface area contributed by atoms with Crippen LogP contribution in [0.3, 0.4) is 0 Å². The summed E-state index contributed by atoms with van der Waals surface area (Å²) < 4.78 is 0. The Morgan fingerprint density at radius 2 is 2.07 bits per heavy atom. The topological polar surface area (TPSA) is 57.0 Å². The minimum Gasteiger partial charge on any atom is -0.340 e. The van der Waals surface area contributed by atoms with Gasteiger partial charge < -0.3 is 4.90 Å². The van der Waals surface area contributed by atoms with Gasteiger partial charge in [-0.1, -0.05) is 39.0 Å². The Kier molecular flexibility index (Phi) is 5.24. The standard InChI is InChI=1S/C23H29N3O/c1-15(13-24)14-26(5)22(27)21-17-8-6-7-9-19(17)25-20-11-10-16(12-18(20)21)23(2,3)4/h6-9,15-16H,10-12,14H2,1-5H3/t15-,16+/m1/s1. The molecule has 1 aliphatic carbocycles. The number of nitriles is 1. The molecule has 0 spiro atoms. The smallest absolute Gasteiger partial charge is 0.254 e. The molecular formula is C23H29N3O. The first-order valence-corrected chi connectivity index (χ1v) is 9.78. The van der Waals surface area contributed by atoms with Gasteiger partial charge in [0, 0.05) is 24.7 Å². The fourth-order valence-corrected chi connectivity index (χ4v) is 4.10. The average molecular weight is 364 g/mol. The maximum absolute atomic E-state index is 13.4. The summed E-state index contributed by atoms with van der Waals surface area (Å²) in [6.07, 6.45) is 2.91. The number of para-hydroxylation sites is 1. The molecule has 0 saturated heterocycles. The van der Waals surface area contributed by atoms with Crippen LogP contribution in [0.5, 0.6) is 0 Å². The predicted molar refractivity (Wildman–Crippen MR) is 108 cm³/mol. The van der Waals surface area contributed by atoms with Gasteiger partial charge in [0.25, 0.3) is 5.91 Å². The van der Waals surface area contributed by atoms with Crippen molar-refractivity contribution in [3.63, 3.8) is 0 Å². The van der Waals surface area contributed by atoms with E-state index in [-0.39, 0.29) is 17.2 Å². The number of benzene rings is 1. The lowest BCUT2D eigenvalue weighted by Crippen LogP contribution is -2.34. The van der Waals surface area contributed by atoms with Gasteiger partial charge in [0.05, 0.1) is 23.1 Å². The quantitative estimate of drug-likeness (QED) is 0.799. The molecule has 0 saturated carbocycles. The van der Waals surface area contributed by atoms with E-state index in [1.54, 1.807) is 11.9 Å². The highest BCUT2D eigenvalue weighted by molar-refractivity contribution is 6.07. The lowest BCUT2D eigenvalue weighted by Gasteiger charge is -2.36. The van der Waals surface area contributed by atoms with Crippen LogP contribution in [0.25, 0.3) is 10.9 Å². The Labute approximate surface area is 162 Å². The Hall–Kier alpha value is -2.41. The number of hydrogen-bond donors (Lipinski definition) is 0. The summed E-state index contributed by atoms with van der Waals surface area (Å²) in [5.74, 6) is 0.342. The molecule has 0 N–H and O–H groups in total. The lowest BCUT2D eigenvalue weighted by atomic mass is 9.70. The van der Waals surface area contributed by atoms with Crippen molar-refractivity contribution in [1.82, 2.24) is 9.88 Å². The number of hydrogen-bond acceptors (Lipinski definition) is 3. The molecule has 0 fully saturated rings. The van der Waals surface area contributed by atoms with Crippen molar-refractivity contribution in [3.05, 3.63) is 41.1 Å². The normalized spacial score (nSPS) is 17.9. The number of amides is 1. The second-order valence-corrected chi connectivity index (χ2v) is 8.95. The summed E-state index contributed by atoms with van der Waals surface area (Å²) in [5.41, 5.74) is 4.05. The monoisotopic (exact) mass is 363 g/mol. The number of aryl methyl sites for hydroxylation is 1. The Morgan fingerprint density at radius 1 is 1.37 bits per heavy atom. The van der Waals surface area contributed by atoms with E-state index in [0.717, 1.165) is 47.0 Å². The van der Waals surface area contributed by atoms with Gasteiger partial charge in [-0.25, -0.2) is 0 Å². The summed E-state index contributed by atoms with van der Waals surface area (Å²) in [4.78, 5) is 20.0. The van der Waals surface area contributed by atoms with Gasteiger partial charge in [-0.05, 0) is 49.1 Å². The van der Waals surface area contributed by atoms with Crippen LogP contribution in [0.1, 0.15) is 55.7 Å². The van der Waals surface area contributed by atoms with E-state index in [1.807, 2.05) is 31.2 Å². The maximum Gasteiger partial charge on any atom is 0.254 e. The maximum atomic E-state index is 13.4. The highest BCUT2D eigenvalue weighted by atomic mass is 16.2. The molecule has 0 bridgehead atoms. The fraction of sp³-hybridized carbons (Fsp3) is 0.522. The highest BCUT2D eigenvalue weighted by Gasteiger charge is 2.33. The third kappa shape index (κ3) is 3.83. The first-order valence-electron chi connectivity index (χ1n) is 9.78. The largest absolute Gasteiger partial charge is 0.340 e. The molecule has 1 aliphatic rings. The van der Waals surface area contributed by atoms with Gasteiger partial charge in [0.15, 0.2) is 0 Å². The molecule has 0 radical (unpaired) electrons. The summed E-state index contributed by atoms with van der Waals surface area (Å²) in [5, 5.41) is 10.0. The fourth-order valence-electron chi connectivity index (χ4n) is 4.10. The minimum absolute atomic E-state index is 0.00140. The zero-order valence-electron chi connectivity index (χ0n) is 17.0. The minimum atomic E-state index is -0.190. The van der Waals surface area contributed by atoms with Crippen LogP contribution in [0.15, 0.2) is 24.3 Å². The van der Waals surface area contributed by atoms with Crippen molar-refractivity contribution in [1.29, 1.82) is 5.26 Å². The van der Waals surface area contributed by atoms with E-state index in [1.165, 1.54) is 0 Å². The first kappa shape index (κ1) is 19.4. The second kappa shape index (κ2) is 7.31. The summed E-state index contributed by atoms with van der Waals surface area (Å²) in [6, 6.07) is 10.1. The van der Waals surface area contributed by atoms with Gasteiger partial charge in [0.2, 0.25) is 0 Å². The number of nitrogens with zero attached hydrogens (tertiary/aromatic N) is 3. The third-order valence-electron chi connectivity index (χ3n) is 5.81. The van der Waals surface area contributed by atoms with Crippen LogP contribution >= 0.6 is 0 Å². The van der Waals surface area contributed by atoms with Gasteiger partial charge >= 0.3 is 0 Å². The highest BCUT2D eigenvalue weighted by Crippen LogP contribution is 2.39. The van der Waals surface area contributed by atoms with Crippen LogP contribution in [0.2, 0.25) is 0 Å². The number of rotatable bonds is 3. The molecule has 4 nitrogen and oxygen atoms in total. The lowest BCUT2D eigenvalue weighted by molar-refractivity contribution is 0.0784. The number of carbonyl (C=O) groups is 1. The zero-order chi connectivity index (χ0) is 19.8. The molecule has 2 aromatic rings. The van der Waals surface area contributed by atoms with Crippen molar-refractivity contribution < 1.29 is 4.79 Å². The molecule has 3 rings (SSSR count). The summed E-state index contributed by atoms with van der Waals surface area (Å²) >= 11 is 0. The molecule has 2 atom stereocenters. The van der Waals surface area contributed by atoms with E-state index in [2.05, 4.69) is 26.8 Å². The Balaban J connectivity index is 2.12. The van der Waals surface area contributed by atoms with Gasteiger partial charge in [-0.3, -0.25) is 9.78 Å². The second-order valence-electron chi connectivity index (χ2n) is 8.95. The molecule has 1 heterocycles. The molecule has 1 aromatic carbocycles. The van der Waals surface area contributed by atoms with Crippen molar-refractivity contribution in [3.8, 4) is 6.07 Å². The Morgan fingerprint density at radius 3 is 2.74 bits per heavy atom. The van der Waals surface area contributed by atoms with E-state index in [9.17, 15) is 4.79 Å². The molecule has 0 aliphatic heterocycles. The molecular weight excluding hydrogens is 334 g/mol. The van der Waals surface area contributed by atoms with E-state index in [0.29, 0.717) is 12.5 Å². The number of carbonyl (C=O) groups excluding carboxylic acids is 1. The van der Waals surface area contributed by atoms with Gasteiger partial charge in [-0.2, -0.15) is 5.26 Å². The van der Waals surface area contributed by atoms with Crippen LogP contribution in [0.4, 0.5) is 0 Å².